The van der Waals surface area contributed by atoms with Crippen LogP contribution in [0.1, 0.15) is 19.4 Å². The Morgan fingerprint density at radius 3 is 3.12 bits per heavy atom. The summed E-state index contributed by atoms with van der Waals surface area (Å²) in [5.41, 5.74) is 1.34. The molecule has 17 heavy (non-hydrogen) atoms. The Morgan fingerprint density at radius 2 is 2.35 bits per heavy atom. The number of nitrogens with one attached hydrogen (secondary N) is 1. The van der Waals surface area contributed by atoms with Gasteiger partial charge >= 0.3 is 0 Å². The van der Waals surface area contributed by atoms with E-state index in [0.717, 1.165) is 17.6 Å². The Balaban J connectivity index is 2.04. The van der Waals surface area contributed by atoms with Crippen LogP contribution in [0.3, 0.4) is 0 Å². The second-order valence-corrected chi connectivity index (χ2v) is 6.07. The van der Waals surface area contributed by atoms with E-state index in [1.54, 1.807) is 0 Å². The largest absolute Gasteiger partial charge is 0.373 e. The van der Waals surface area contributed by atoms with Crippen molar-refractivity contribution in [2.24, 2.45) is 0 Å². The predicted octanol–water partition coefficient (Wildman–Crippen LogP) is 2.45. The molecule has 0 aromatic carbocycles. The molecule has 1 fully saturated rings. The zero-order valence-electron chi connectivity index (χ0n) is 10.8. The predicted molar refractivity (Wildman–Crippen MR) is 75.6 cm³/mol. The van der Waals surface area contributed by atoms with Crippen molar-refractivity contribution in [1.82, 2.24) is 9.88 Å². The standard InChI is InChI=1S/C13H21N3S/c1-10-11(2)17-7-6-16(10)9-12-4-5-15-13(8-12)14-3/h4-5,8,10-11H,6-7,9H2,1-3H3,(H,14,15). The molecule has 0 amide bonds. The van der Waals surface area contributed by atoms with E-state index in [1.807, 2.05) is 13.2 Å². The van der Waals surface area contributed by atoms with Crippen molar-refractivity contribution in [1.29, 1.82) is 0 Å². The molecular formula is C13H21N3S. The summed E-state index contributed by atoms with van der Waals surface area (Å²) in [4.78, 5) is 6.82. The maximum Gasteiger partial charge on any atom is 0.125 e. The van der Waals surface area contributed by atoms with Gasteiger partial charge in [-0.15, -0.1) is 0 Å². The van der Waals surface area contributed by atoms with Crippen molar-refractivity contribution in [2.45, 2.75) is 31.7 Å². The Morgan fingerprint density at radius 1 is 1.53 bits per heavy atom. The topological polar surface area (TPSA) is 28.2 Å². The summed E-state index contributed by atoms with van der Waals surface area (Å²) in [6.45, 7) is 6.88. The molecule has 0 radical (unpaired) electrons. The molecule has 2 atom stereocenters. The van der Waals surface area contributed by atoms with Crippen molar-refractivity contribution < 1.29 is 0 Å². The van der Waals surface area contributed by atoms with Crippen LogP contribution in [0.2, 0.25) is 0 Å². The Labute approximate surface area is 108 Å². The fourth-order valence-electron chi connectivity index (χ4n) is 2.16. The SMILES string of the molecule is CNc1cc(CN2CCSC(C)C2C)ccn1. The Kier molecular flexibility index (Phi) is 4.29. The smallest absolute Gasteiger partial charge is 0.125 e. The third-order valence-electron chi connectivity index (χ3n) is 3.48. The van der Waals surface area contributed by atoms with Crippen molar-refractivity contribution >= 4 is 17.6 Å². The fourth-order valence-corrected chi connectivity index (χ4v) is 3.32. The second-order valence-electron chi connectivity index (χ2n) is 4.59. The Hall–Kier alpha value is -0.740. The van der Waals surface area contributed by atoms with Gasteiger partial charge in [-0.05, 0) is 24.6 Å². The molecule has 2 unspecified atom stereocenters. The number of aromatic nitrogens is 1. The van der Waals surface area contributed by atoms with Gasteiger partial charge in [0.2, 0.25) is 0 Å². The quantitative estimate of drug-likeness (QED) is 0.893. The average molecular weight is 251 g/mol. The van der Waals surface area contributed by atoms with Crippen molar-refractivity contribution in [3.63, 3.8) is 0 Å². The first-order valence-electron chi connectivity index (χ1n) is 6.19. The molecule has 4 heteroatoms. The van der Waals surface area contributed by atoms with Crippen LogP contribution in [-0.4, -0.2) is 40.5 Å². The van der Waals surface area contributed by atoms with Crippen LogP contribution in [0.25, 0.3) is 0 Å². The minimum atomic E-state index is 0.653. The van der Waals surface area contributed by atoms with Crippen LogP contribution in [0.4, 0.5) is 5.82 Å². The van der Waals surface area contributed by atoms with Gasteiger partial charge in [0.15, 0.2) is 0 Å². The van der Waals surface area contributed by atoms with E-state index >= 15 is 0 Å². The third-order valence-corrected chi connectivity index (χ3v) is 4.82. The van der Waals surface area contributed by atoms with Crippen LogP contribution in [-0.2, 0) is 6.54 Å². The molecule has 3 nitrogen and oxygen atoms in total. The lowest BCUT2D eigenvalue weighted by atomic mass is 10.1. The first-order valence-corrected chi connectivity index (χ1v) is 7.24. The summed E-state index contributed by atoms with van der Waals surface area (Å²) < 4.78 is 0. The van der Waals surface area contributed by atoms with Crippen LogP contribution in [0.5, 0.6) is 0 Å². The van der Waals surface area contributed by atoms with Gasteiger partial charge in [0, 0.05) is 43.4 Å². The Bertz CT molecular complexity index is 369. The van der Waals surface area contributed by atoms with Gasteiger partial charge in [0.1, 0.15) is 5.82 Å². The normalized spacial score (nSPS) is 25.8. The lowest BCUT2D eigenvalue weighted by molar-refractivity contribution is 0.204. The summed E-state index contributed by atoms with van der Waals surface area (Å²) in [6, 6.07) is 4.90. The van der Waals surface area contributed by atoms with E-state index in [4.69, 9.17) is 0 Å². The number of rotatable bonds is 3. The second kappa shape index (κ2) is 5.74. The van der Waals surface area contributed by atoms with Gasteiger partial charge in [0.05, 0.1) is 0 Å². The van der Waals surface area contributed by atoms with Crippen LogP contribution in [0.15, 0.2) is 18.3 Å². The van der Waals surface area contributed by atoms with E-state index in [-0.39, 0.29) is 0 Å². The van der Waals surface area contributed by atoms with Crippen molar-refractivity contribution in [2.75, 3.05) is 24.7 Å². The maximum atomic E-state index is 4.25. The van der Waals surface area contributed by atoms with Gasteiger partial charge in [-0.25, -0.2) is 4.98 Å². The molecule has 1 aromatic rings. The molecule has 0 spiro atoms. The number of anilines is 1. The fraction of sp³-hybridized carbons (Fsp3) is 0.615. The highest BCUT2D eigenvalue weighted by molar-refractivity contribution is 8.00. The molecular weight excluding hydrogens is 230 g/mol. The minimum absolute atomic E-state index is 0.653. The zero-order chi connectivity index (χ0) is 12.3. The van der Waals surface area contributed by atoms with Crippen molar-refractivity contribution in [3.05, 3.63) is 23.9 Å². The van der Waals surface area contributed by atoms with E-state index in [9.17, 15) is 0 Å². The highest BCUT2D eigenvalue weighted by Gasteiger charge is 2.24. The molecule has 2 rings (SSSR count). The minimum Gasteiger partial charge on any atom is -0.373 e. The van der Waals surface area contributed by atoms with Gasteiger partial charge in [0.25, 0.3) is 0 Å². The molecule has 1 N–H and O–H groups in total. The third kappa shape index (κ3) is 3.13. The lowest BCUT2D eigenvalue weighted by Gasteiger charge is -2.37. The van der Waals surface area contributed by atoms with Gasteiger partial charge in [-0.2, -0.15) is 11.8 Å². The molecule has 0 saturated carbocycles. The van der Waals surface area contributed by atoms with Crippen LogP contribution >= 0.6 is 11.8 Å². The average Bonchev–Trinajstić information content (AvgIpc) is 2.35. The van der Waals surface area contributed by atoms with Gasteiger partial charge < -0.3 is 5.32 Å². The van der Waals surface area contributed by atoms with Crippen LogP contribution in [0, 0.1) is 0 Å². The molecule has 1 aliphatic rings. The van der Waals surface area contributed by atoms with Gasteiger partial charge in [-0.3, -0.25) is 4.90 Å². The summed E-state index contributed by atoms with van der Waals surface area (Å²) in [7, 11) is 1.91. The molecule has 1 aromatic heterocycles. The van der Waals surface area contributed by atoms with Crippen molar-refractivity contribution in [3.8, 4) is 0 Å². The number of hydrogen-bond donors (Lipinski definition) is 1. The summed E-state index contributed by atoms with van der Waals surface area (Å²) in [6.07, 6.45) is 1.88. The van der Waals surface area contributed by atoms with E-state index in [2.05, 4.69) is 52.9 Å². The maximum absolute atomic E-state index is 4.25. The number of nitrogens with zero attached hydrogens (tertiary/aromatic N) is 2. The molecule has 2 heterocycles. The van der Waals surface area contributed by atoms with E-state index in [0.29, 0.717) is 6.04 Å². The number of thioether (sulfide) groups is 1. The zero-order valence-corrected chi connectivity index (χ0v) is 11.6. The first kappa shape index (κ1) is 12.7. The lowest BCUT2D eigenvalue weighted by Crippen LogP contribution is -2.43. The van der Waals surface area contributed by atoms with E-state index < -0.39 is 0 Å². The number of pyridine rings is 1. The highest BCUT2D eigenvalue weighted by Crippen LogP contribution is 2.25. The summed E-state index contributed by atoms with van der Waals surface area (Å²) in [5, 5.41) is 3.82. The molecule has 94 valence electrons. The highest BCUT2D eigenvalue weighted by atomic mass is 32.2. The number of hydrogen-bond acceptors (Lipinski definition) is 4. The van der Waals surface area contributed by atoms with Crippen LogP contribution < -0.4 is 5.32 Å². The molecule has 1 saturated heterocycles. The molecule has 0 aliphatic carbocycles. The monoisotopic (exact) mass is 251 g/mol. The van der Waals surface area contributed by atoms with E-state index in [1.165, 1.54) is 17.9 Å². The summed E-state index contributed by atoms with van der Waals surface area (Å²) >= 11 is 2.08. The molecule has 0 bridgehead atoms. The first-order chi connectivity index (χ1) is 8.20. The summed E-state index contributed by atoms with van der Waals surface area (Å²) in [5.74, 6) is 2.20. The molecule has 1 aliphatic heterocycles. The van der Waals surface area contributed by atoms with Gasteiger partial charge in [-0.1, -0.05) is 6.92 Å².